The molecule has 1 aromatic carbocycles. The minimum absolute atomic E-state index is 0.0484. The van der Waals surface area contributed by atoms with E-state index in [0.29, 0.717) is 12.3 Å². The van der Waals surface area contributed by atoms with Crippen molar-refractivity contribution in [1.29, 1.82) is 0 Å². The van der Waals surface area contributed by atoms with Gasteiger partial charge in [0.05, 0.1) is 6.61 Å². The molecule has 162 valence electrons. The van der Waals surface area contributed by atoms with Crippen molar-refractivity contribution in [3.05, 3.63) is 35.4 Å². The summed E-state index contributed by atoms with van der Waals surface area (Å²) in [5.41, 5.74) is 2.52. The number of hydrogen-bond acceptors (Lipinski definition) is 4. The number of alkyl halides is 3. The SMILES string of the molecule is Cc1cccc(CN2C(=O)CCC23CCN(CCO)CC3)c1.O=C(O)C(F)(F)F. The summed E-state index contributed by atoms with van der Waals surface area (Å²) in [6, 6.07) is 8.47. The zero-order valence-corrected chi connectivity index (χ0v) is 16.4. The number of aliphatic carboxylic acids is 1. The summed E-state index contributed by atoms with van der Waals surface area (Å²) < 4.78 is 31.7. The number of aliphatic hydroxyl groups excluding tert-OH is 1. The second-order valence-electron chi connectivity index (χ2n) is 7.56. The lowest BCUT2D eigenvalue weighted by Crippen LogP contribution is -2.53. The molecule has 2 saturated heterocycles. The fourth-order valence-corrected chi connectivity index (χ4v) is 3.98. The number of benzene rings is 1. The van der Waals surface area contributed by atoms with Crippen LogP contribution in [0.25, 0.3) is 0 Å². The summed E-state index contributed by atoms with van der Waals surface area (Å²) in [4.78, 5) is 25.8. The van der Waals surface area contributed by atoms with Gasteiger partial charge in [-0.1, -0.05) is 29.8 Å². The first kappa shape index (κ1) is 23.2. The van der Waals surface area contributed by atoms with Crippen LogP contribution in [0.5, 0.6) is 0 Å². The number of carbonyl (C=O) groups is 2. The predicted octanol–water partition coefficient (Wildman–Crippen LogP) is 2.58. The Hall–Kier alpha value is -2.13. The molecule has 0 unspecified atom stereocenters. The normalized spacial score (nSPS) is 19.2. The molecule has 9 heteroatoms. The van der Waals surface area contributed by atoms with Gasteiger partial charge in [0.15, 0.2) is 0 Å². The van der Waals surface area contributed by atoms with Crippen molar-refractivity contribution in [2.75, 3.05) is 26.2 Å². The van der Waals surface area contributed by atoms with Gasteiger partial charge in [0, 0.05) is 38.1 Å². The summed E-state index contributed by atoms with van der Waals surface area (Å²) >= 11 is 0. The van der Waals surface area contributed by atoms with E-state index in [1.165, 1.54) is 11.1 Å². The smallest absolute Gasteiger partial charge is 0.475 e. The maximum atomic E-state index is 12.4. The van der Waals surface area contributed by atoms with E-state index in [4.69, 9.17) is 15.0 Å². The Kier molecular flexibility index (Phi) is 7.65. The van der Waals surface area contributed by atoms with Crippen LogP contribution in [0.1, 0.15) is 36.8 Å². The van der Waals surface area contributed by atoms with Crippen LogP contribution in [0, 0.1) is 6.92 Å². The maximum absolute atomic E-state index is 12.4. The Morgan fingerprint density at radius 2 is 1.83 bits per heavy atom. The van der Waals surface area contributed by atoms with E-state index in [9.17, 15) is 18.0 Å². The number of amides is 1. The lowest BCUT2D eigenvalue weighted by molar-refractivity contribution is -0.192. The summed E-state index contributed by atoms with van der Waals surface area (Å²) in [6.45, 7) is 5.77. The van der Waals surface area contributed by atoms with Crippen LogP contribution in [-0.4, -0.2) is 69.8 Å². The Balaban J connectivity index is 0.000000370. The molecule has 1 aromatic rings. The molecule has 0 saturated carbocycles. The van der Waals surface area contributed by atoms with Crippen molar-refractivity contribution in [2.45, 2.75) is 50.9 Å². The Labute approximate surface area is 167 Å². The van der Waals surface area contributed by atoms with Crippen molar-refractivity contribution in [2.24, 2.45) is 0 Å². The molecule has 0 aliphatic carbocycles. The Morgan fingerprint density at radius 3 is 2.34 bits per heavy atom. The Bertz CT molecular complexity index is 716. The first-order valence-corrected chi connectivity index (χ1v) is 9.57. The molecule has 0 radical (unpaired) electrons. The van der Waals surface area contributed by atoms with Crippen molar-refractivity contribution >= 4 is 11.9 Å². The van der Waals surface area contributed by atoms with E-state index in [1.54, 1.807) is 0 Å². The van der Waals surface area contributed by atoms with Gasteiger partial charge in [0.1, 0.15) is 0 Å². The van der Waals surface area contributed by atoms with Crippen molar-refractivity contribution < 1.29 is 33.0 Å². The molecule has 2 heterocycles. The van der Waals surface area contributed by atoms with E-state index >= 15 is 0 Å². The molecule has 1 spiro atoms. The third-order valence-corrected chi connectivity index (χ3v) is 5.55. The van der Waals surface area contributed by atoms with E-state index in [1.807, 2.05) is 0 Å². The molecule has 29 heavy (non-hydrogen) atoms. The van der Waals surface area contributed by atoms with Crippen LogP contribution < -0.4 is 0 Å². The quantitative estimate of drug-likeness (QED) is 0.789. The molecule has 0 aromatic heterocycles. The topological polar surface area (TPSA) is 81.1 Å². The molecule has 3 rings (SSSR count). The number of carboxylic acids is 1. The third kappa shape index (κ3) is 6.17. The maximum Gasteiger partial charge on any atom is 0.490 e. The number of hydrogen-bond donors (Lipinski definition) is 2. The van der Waals surface area contributed by atoms with Crippen LogP contribution >= 0.6 is 0 Å². The van der Waals surface area contributed by atoms with Gasteiger partial charge in [-0.2, -0.15) is 13.2 Å². The average Bonchev–Trinajstić information content (AvgIpc) is 2.93. The number of rotatable bonds is 4. The van der Waals surface area contributed by atoms with E-state index in [-0.39, 0.29) is 12.1 Å². The lowest BCUT2D eigenvalue weighted by Gasteiger charge is -2.45. The highest BCUT2D eigenvalue weighted by Crippen LogP contribution is 2.40. The monoisotopic (exact) mass is 416 g/mol. The largest absolute Gasteiger partial charge is 0.490 e. The second kappa shape index (κ2) is 9.58. The van der Waals surface area contributed by atoms with Crippen LogP contribution in [0.3, 0.4) is 0 Å². The van der Waals surface area contributed by atoms with Gasteiger partial charge < -0.3 is 20.0 Å². The van der Waals surface area contributed by atoms with E-state index in [2.05, 4.69) is 41.0 Å². The molecule has 2 aliphatic rings. The molecular formula is C20H27F3N2O4. The number of aliphatic hydroxyl groups is 1. The molecular weight excluding hydrogens is 389 g/mol. The highest BCUT2D eigenvalue weighted by Gasteiger charge is 2.46. The van der Waals surface area contributed by atoms with Crippen LogP contribution in [0.2, 0.25) is 0 Å². The van der Waals surface area contributed by atoms with Gasteiger partial charge in [-0.15, -0.1) is 0 Å². The molecule has 0 atom stereocenters. The second-order valence-corrected chi connectivity index (χ2v) is 7.56. The summed E-state index contributed by atoms with van der Waals surface area (Å²) in [7, 11) is 0. The minimum Gasteiger partial charge on any atom is -0.475 e. The number of carboxylic acid groups (broad SMARTS) is 1. The fraction of sp³-hybridized carbons (Fsp3) is 0.600. The predicted molar refractivity (Wildman–Crippen MR) is 100 cm³/mol. The zero-order chi connectivity index (χ0) is 21.7. The van der Waals surface area contributed by atoms with Crippen LogP contribution in [-0.2, 0) is 16.1 Å². The summed E-state index contributed by atoms with van der Waals surface area (Å²) in [6.07, 6.45) is -1.34. The number of halogens is 3. The lowest BCUT2D eigenvalue weighted by atomic mass is 9.84. The molecule has 2 N–H and O–H groups in total. The summed E-state index contributed by atoms with van der Waals surface area (Å²) in [5.74, 6) is -2.45. The third-order valence-electron chi connectivity index (χ3n) is 5.55. The fourth-order valence-electron chi connectivity index (χ4n) is 3.98. The van der Waals surface area contributed by atoms with Gasteiger partial charge in [0.2, 0.25) is 5.91 Å². The highest BCUT2D eigenvalue weighted by atomic mass is 19.4. The first-order valence-electron chi connectivity index (χ1n) is 9.57. The molecule has 2 aliphatic heterocycles. The van der Waals surface area contributed by atoms with Gasteiger partial charge >= 0.3 is 12.1 Å². The van der Waals surface area contributed by atoms with E-state index < -0.39 is 12.1 Å². The van der Waals surface area contributed by atoms with Gasteiger partial charge in [-0.3, -0.25) is 4.79 Å². The van der Waals surface area contributed by atoms with E-state index in [0.717, 1.165) is 45.4 Å². The minimum atomic E-state index is -5.08. The molecule has 0 bridgehead atoms. The zero-order valence-electron chi connectivity index (χ0n) is 16.4. The number of carbonyl (C=O) groups excluding carboxylic acids is 1. The number of aryl methyl sites for hydroxylation is 1. The molecule has 6 nitrogen and oxygen atoms in total. The Morgan fingerprint density at radius 1 is 1.21 bits per heavy atom. The number of likely N-dealkylation sites (tertiary alicyclic amines) is 2. The summed E-state index contributed by atoms with van der Waals surface area (Å²) in [5, 5.41) is 16.2. The van der Waals surface area contributed by atoms with Gasteiger partial charge in [0.25, 0.3) is 0 Å². The molecule has 1 amide bonds. The van der Waals surface area contributed by atoms with Crippen molar-refractivity contribution in [1.82, 2.24) is 9.80 Å². The van der Waals surface area contributed by atoms with Crippen molar-refractivity contribution in [3.8, 4) is 0 Å². The van der Waals surface area contributed by atoms with Crippen LogP contribution in [0.15, 0.2) is 24.3 Å². The first-order chi connectivity index (χ1) is 13.6. The average molecular weight is 416 g/mol. The van der Waals surface area contributed by atoms with Gasteiger partial charge in [-0.25, -0.2) is 4.79 Å². The molecule has 2 fully saturated rings. The number of piperidine rings is 1. The standard InChI is InChI=1S/C18H26N2O2.C2HF3O2/c1-15-3-2-4-16(13-15)14-20-17(22)5-6-18(20)7-9-19(10-8-18)11-12-21;3-2(4,5)1(6)7/h2-4,13,21H,5-12,14H2,1H3;(H,6,7). The van der Waals surface area contributed by atoms with Gasteiger partial charge in [-0.05, 0) is 31.7 Å². The van der Waals surface area contributed by atoms with Crippen molar-refractivity contribution in [3.63, 3.8) is 0 Å². The number of β-amino-alcohol motifs (C(OH)–C–C–N with tert-alkyl or cyclic N) is 1. The highest BCUT2D eigenvalue weighted by molar-refractivity contribution is 5.79. The van der Waals surface area contributed by atoms with Crippen LogP contribution in [0.4, 0.5) is 13.2 Å². The number of nitrogens with zero attached hydrogens (tertiary/aromatic N) is 2.